The van der Waals surface area contributed by atoms with Gasteiger partial charge in [-0.2, -0.15) is 4.39 Å². The molecular weight excluding hydrogens is 367 g/mol. The molecule has 1 amide bonds. The number of aryl methyl sites for hydroxylation is 1. The number of carbonyl (C=O) groups is 1. The number of rotatable bonds is 3. The Morgan fingerprint density at radius 2 is 2.07 bits per heavy atom. The van der Waals surface area contributed by atoms with Crippen LogP contribution < -0.4 is 10.5 Å². The van der Waals surface area contributed by atoms with E-state index in [1.54, 1.807) is 29.4 Å². The second-order valence-electron chi connectivity index (χ2n) is 6.39. The van der Waals surface area contributed by atoms with Crippen LogP contribution in [0.5, 0.6) is 0 Å². The summed E-state index contributed by atoms with van der Waals surface area (Å²) in [6.07, 6.45) is 3.28. The average Bonchev–Trinajstić information content (AvgIpc) is 3.22. The van der Waals surface area contributed by atoms with Gasteiger partial charge in [-0.25, -0.2) is 4.98 Å². The van der Waals surface area contributed by atoms with Crippen LogP contribution in [0.4, 0.5) is 10.3 Å². The monoisotopic (exact) mass is 384 g/mol. The van der Waals surface area contributed by atoms with Crippen LogP contribution in [0.15, 0.2) is 39.9 Å². The van der Waals surface area contributed by atoms with E-state index in [1.165, 1.54) is 6.92 Å². The molecule has 1 N–H and O–H groups in total. The van der Waals surface area contributed by atoms with E-state index in [9.17, 15) is 14.0 Å². The molecule has 0 atom stereocenters. The summed E-state index contributed by atoms with van der Waals surface area (Å²) in [4.78, 5) is 38.3. The standard InChI is InChI=1S/C18H17FN6O3/c1-11-15(19)16(26)22-18(21-11)25-7-5-24(6-8-25)17(27)13-9-14(28-23-13)12-3-2-4-20-10-12/h2-4,9-10H,5-8H2,1H3,(H,21,22,26). The average molecular weight is 384 g/mol. The van der Waals surface area contributed by atoms with E-state index in [0.29, 0.717) is 37.9 Å². The first-order valence-electron chi connectivity index (χ1n) is 8.70. The summed E-state index contributed by atoms with van der Waals surface area (Å²) in [5.74, 6) is -0.349. The fourth-order valence-electron chi connectivity index (χ4n) is 3.01. The lowest BCUT2D eigenvalue weighted by molar-refractivity contribution is 0.0736. The van der Waals surface area contributed by atoms with Crippen LogP contribution in [0, 0.1) is 12.7 Å². The molecule has 1 fully saturated rings. The summed E-state index contributed by atoms with van der Waals surface area (Å²) in [6, 6.07) is 5.18. The minimum atomic E-state index is -0.881. The van der Waals surface area contributed by atoms with Gasteiger partial charge in [-0.3, -0.25) is 19.6 Å². The first kappa shape index (κ1) is 17.8. The molecule has 4 rings (SSSR count). The van der Waals surface area contributed by atoms with E-state index in [2.05, 4.69) is 20.1 Å². The van der Waals surface area contributed by atoms with Crippen molar-refractivity contribution in [2.24, 2.45) is 0 Å². The summed E-state index contributed by atoms with van der Waals surface area (Å²) in [6.45, 7) is 3.17. The number of halogens is 1. The first-order valence-corrected chi connectivity index (χ1v) is 8.70. The molecule has 144 valence electrons. The number of H-pyrrole nitrogens is 1. The number of nitrogens with zero attached hydrogens (tertiary/aromatic N) is 5. The fraction of sp³-hybridized carbons (Fsp3) is 0.278. The Balaban J connectivity index is 1.43. The van der Waals surface area contributed by atoms with Gasteiger partial charge in [0.25, 0.3) is 11.5 Å². The van der Waals surface area contributed by atoms with Gasteiger partial charge in [0.15, 0.2) is 11.5 Å². The van der Waals surface area contributed by atoms with Crippen molar-refractivity contribution in [2.45, 2.75) is 6.92 Å². The van der Waals surface area contributed by atoms with Crippen LogP contribution in [0.2, 0.25) is 0 Å². The second-order valence-corrected chi connectivity index (χ2v) is 6.39. The Labute approximate surface area is 158 Å². The number of aromatic amines is 1. The maximum absolute atomic E-state index is 13.5. The molecule has 9 nitrogen and oxygen atoms in total. The maximum atomic E-state index is 13.5. The van der Waals surface area contributed by atoms with E-state index in [0.717, 1.165) is 5.56 Å². The molecule has 1 aliphatic heterocycles. The molecular formula is C18H17FN6O3. The zero-order valence-electron chi connectivity index (χ0n) is 15.1. The molecule has 4 heterocycles. The molecule has 1 saturated heterocycles. The Bertz CT molecular complexity index is 1060. The normalized spacial score (nSPS) is 14.4. The Morgan fingerprint density at radius 1 is 1.29 bits per heavy atom. The number of carbonyl (C=O) groups excluding carboxylic acids is 1. The molecule has 0 unspecified atom stereocenters. The molecule has 0 saturated carbocycles. The van der Waals surface area contributed by atoms with Crippen molar-refractivity contribution in [3.63, 3.8) is 0 Å². The predicted molar refractivity (Wildman–Crippen MR) is 97.4 cm³/mol. The van der Waals surface area contributed by atoms with Gasteiger partial charge < -0.3 is 14.3 Å². The van der Waals surface area contributed by atoms with Crippen LogP contribution in [-0.4, -0.2) is 57.1 Å². The largest absolute Gasteiger partial charge is 0.355 e. The Morgan fingerprint density at radius 3 is 2.75 bits per heavy atom. The van der Waals surface area contributed by atoms with Crippen molar-refractivity contribution < 1.29 is 13.7 Å². The molecule has 28 heavy (non-hydrogen) atoms. The highest BCUT2D eigenvalue weighted by Crippen LogP contribution is 2.20. The lowest BCUT2D eigenvalue weighted by atomic mass is 10.2. The number of aromatic nitrogens is 4. The quantitative estimate of drug-likeness (QED) is 0.723. The number of pyridine rings is 1. The Hall–Kier alpha value is -3.56. The maximum Gasteiger partial charge on any atom is 0.288 e. The molecule has 3 aromatic heterocycles. The van der Waals surface area contributed by atoms with Crippen molar-refractivity contribution in [1.82, 2.24) is 25.0 Å². The minimum absolute atomic E-state index is 0.0442. The molecule has 0 aliphatic carbocycles. The minimum Gasteiger partial charge on any atom is -0.355 e. The SMILES string of the molecule is Cc1nc(N2CCN(C(=O)c3cc(-c4cccnc4)on3)CC2)[nH]c(=O)c1F. The lowest BCUT2D eigenvalue weighted by Crippen LogP contribution is -2.49. The fourth-order valence-corrected chi connectivity index (χ4v) is 3.01. The van der Waals surface area contributed by atoms with Crippen molar-refractivity contribution in [3.05, 3.63) is 58.2 Å². The van der Waals surface area contributed by atoms with Gasteiger partial charge in [-0.05, 0) is 19.1 Å². The summed E-state index contributed by atoms with van der Waals surface area (Å²) in [7, 11) is 0. The second kappa shape index (κ2) is 7.22. The van der Waals surface area contributed by atoms with Crippen molar-refractivity contribution in [1.29, 1.82) is 0 Å². The Kier molecular flexibility index (Phi) is 4.60. The molecule has 0 spiro atoms. The van der Waals surface area contributed by atoms with Crippen LogP contribution in [0.3, 0.4) is 0 Å². The highest BCUT2D eigenvalue weighted by molar-refractivity contribution is 5.93. The first-order chi connectivity index (χ1) is 13.5. The zero-order valence-corrected chi connectivity index (χ0v) is 15.1. The predicted octanol–water partition coefficient (Wildman–Crippen LogP) is 1.23. The summed E-state index contributed by atoms with van der Waals surface area (Å²) >= 11 is 0. The van der Waals surface area contributed by atoms with Gasteiger partial charge in [0, 0.05) is 50.2 Å². The smallest absolute Gasteiger partial charge is 0.288 e. The number of hydrogen-bond acceptors (Lipinski definition) is 7. The van der Waals surface area contributed by atoms with Crippen molar-refractivity contribution in [2.75, 3.05) is 31.1 Å². The topological polar surface area (TPSA) is 108 Å². The van der Waals surface area contributed by atoms with Gasteiger partial charge >= 0.3 is 0 Å². The molecule has 0 aromatic carbocycles. The zero-order chi connectivity index (χ0) is 19.7. The van der Waals surface area contributed by atoms with Crippen LogP contribution in [0.1, 0.15) is 16.2 Å². The lowest BCUT2D eigenvalue weighted by Gasteiger charge is -2.34. The number of anilines is 1. The third-order valence-corrected chi connectivity index (χ3v) is 4.56. The van der Waals surface area contributed by atoms with Gasteiger partial charge in [-0.15, -0.1) is 0 Å². The molecule has 1 aliphatic rings. The van der Waals surface area contributed by atoms with Crippen molar-refractivity contribution >= 4 is 11.9 Å². The number of piperazine rings is 1. The number of amides is 1. The van der Waals surface area contributed by atoms with Crippen LogP contribution in [0.25, 0.3) is 11.3 Å². The molecule has 0 radical (unpaired) electrons. The van der Waals surface area contributed by atoms with Gasteiger partial charge in [0.05, 0.1) is 5.69 Å². The molecule has 10 heteroatoms. The molecule has 3 aromatic rings. The van der Waals surface area contributed by atoms with Crippen molar-refractivity contribution in [3.8, 4) is 11.3 Å². The van der Waals surface area contributed by atoms with E-state index in [4.69, 9.17) is 4.52 Å². The van der Waals surface area contributed by atoms with E-state index < -0.39 is 11.4 Å². The number of hydrogen-bond donors (Lipinski definition) is 1. The summed E-state index contributed by atoms with van der Waals surface area (Å²) in [5, 5.41) is 3.87. The van der Waals surface area contributed by atoms with Gasteiger partial charge in [0.1, 0.15) is 0 Å². The van der Waals surface area contributed by atoms with E-state index in [-0.39, 0.29) is 17.3 Å². The van der Waals surface area contributed by atoms with E-state index in [1.807, 2.05) is 11.0 Å². The summed E-state index contributed by atoms with van der Waals surface area (Å²) < 4.78 is 18.7. The van der Waals surface area contributed by atoms with E-state index >= 15 is 0 Å². The van der Waals surface area contributed by atoms with Crippen LogP contribution >= 0.6 is 0 Å². The number of nitrogens with one attached hydrogen (secondary N) is 1. The molecule has 0 bridgehead atoms. The summed E-state index contributed by atoms with van der Waals surface area (Å²) in [5.41, 5.74) is 0.200. The van der Waals surface area contributed by atoms with Gasteiger partial charge in [-0.1, -0.05) is 5.16 Å². The highest BCUT2D eigenvalue weighted by Gasteiger charge is 2.26. The highest BCUT2D eigenvalue weighted by atomic mass is 19.1. The third kappa shape index (κ3) is 3.36. The van der Waals surface area contributed by atoms with Gasteiger partial charge in [0.2, 0.25) is 11.8 Å². The third-order valence-electron chi connectivity index (χ3n) is 4.56. The van der Waals surface area contributed by atoms with Crippen LogP contribution in [-0.2, 0) is 0 Å².